The summed E-state index contributed by atoms with van der Waals surface area (Å²) >= 11 is 0. The van der Waals surface area contributed by atoms with E-state index < -0.39 is 0 Å². The molecular weight excluding hydrogens is 202 g/mol. The van der Waals surface area contributed by atoms with Crippen LogP contribution >= 0.6 is 0 Å². The van der Waals surface area contributed by atoms with Crippen LogP contribution in [0.2, 0.25) is 0 Å². The molecule has 0 saturated carbocycles. The van der Waals surface area contributed by atoms with Gasteiger partial charge in [-0.25, -0.2) is 4.98 Å². The number of pyridine rings is 2. The fourth-order valence-electron chi connectivity index (χ4n) is 1.51. The number of hydrogen-bond acceptors (Lipinski definition) is 3. The first-order valence-electron chi connectivity index (χ1n) is 5.03. The molecule has 0 aliphatic rings. The Hall–Kier alpha value is -2.10. The molecule has 16 heavy (non-hydrogen) atoms. The average molecular weight is 215 g/mol. The van der Waals surface area contributed by atoms with Gasteiger partial charge in [-0.05, 0) is 24.6 Å². The number of anilines is 1. The van der Waals surface area contributed by atoms with Gasteiger partial charge >= 0.3 is 0 Å². The van der Waals surface area contributed by atoms with E-state index in [0.717, 1.165) is 11.1 Å². The van der Waals surface area contributed by atoms with Gasteiger partial charge in [0.2, 0.25) is 0 Å². The van der Waals surface area contributed by atoms with Crippen molar-refractivity contribution < 1.29 is 0 Å². The summed E-state index contributed by atoms with van der Waals surface area (Å²) in [7, 11) is 0. The highest BCUT2D eigenvalue weighted by Gasteiger charge is 2.01. The van der Waals surface area contributed by atoms with Crippen LogP contribution in [0.4, 0.5) is 5.82 Å². The van der Waals surface area contributed by atoms with Gasteiger partial charge in [0.05, 0.1) is 6.54 Å². The molecule has 0 radical (unpaired) electrons. The number of nitrogens with two attached hydrogens (primary N) is 1. The van der Waals surface area contributed by atoms with Gasteiger partial charge in [-0.1, -0.05) is 6.07 Å². The maximum atomic E-state index is 11.7. The van der Waals surface area contributed by atoms with Crippen molar-refractivity contribution in [3.63, 3.8) is 0 Å². The Morgan fingerprint density at radius 2 is 2.25 bits per heavy atom. The molecule has 0 unspecified atom stereocenters. The molecule has 0 aromatic carbocycles. The Balaban J connectivity index is 2.35. The molecule has 0 aliphatic heterocycles. The first-order valence-corrected chi connectivity index (χ1v) is 5.03. The predicted octanol–water partition coefficient (Wildman–Crippen LogP) is 1.18. The molecule has 2 heterocycles. The minimum Gasteiger partial charge on any atom is -0.383 e. The summed E-state index contributed by atoms with van der Waals surface area (Å²) in [4.78, 5) is 15.6. The lowest BCUT2D eigenvalue weighted by Crippen LogP contribution is -2.19. The van der Waals surface area contributed by atoms with Gasteiger partial charge in [0.15, 0.2) is 0 Å². The molecule has 0 spiro atoms. The summed E-state index contributed by atoms with van der Waals surface area (Å²) in [6.07, 6.45) is 3.40. The Morgan fingerprint density at radius 1 is 1.44 bits per heavy atom. The van der Waals surface area contributed by atoms with Gasteiger partial charge < -0.3 is 10.3 Å². The van der Waals surface area contributed by atoms with Gasteiger partial charge in [-0.2, -0.15) is 0 Å². The van der Waals surface area contributed by atoms with Gasteiger partial charge in [0, 0.05) is 24.0 Å². The summed E-state index contributed by atoms with van der Waals surface area (Å²) in [5.74, 6) is 0.468. The van der Waals surface area contributed by atoms with Crippen LogP contribution in [0.1, 0.15) is 11.1 Å². The molecule has 0 amide bonds. The maximum Gasteiger partial charge on any atom is 0.251 e. The lowest BCUT2D eigenvalue weighted by atomic mass is 10.2. The Kier molecular flexibility index (Phi) is 2.72. The molecule has 82 valence electrons. The van der Waals surface area contributed by atoms with E-state index in [-0.39, 0.29) is 5.56 Å². The highest BCUT2D eigenvalue weighted by molar-refractivity contribution is 5.38. The second-order valence-electron chi connectivity index (χ2n) is 3.72. The Bertz CT molecular complexity index is 560. The predicted molar refractivity (Wildman–Crippen MR) is 63.2 cm³/mol. The molecule has 2 aromatic rings. The van der Waals surface area contributed by atoms with Crippen LogP contribution in [0.3, 0.4) is 0 Å². The second-order valence-corrected chi connectivity index (χ2v) is 3.72. The van der Waals surface area contributed by atoms with Gasteiger partial charge in [0.25, 0.3) is 5.56 Å². The highest BCUT2D eigenvalue weighted by Crippen LogP contribution is 2.07. The van der Waals surface area contributed by atoms with Crippen molar-refractivity contribution >= 4 is 5.82 Å². The first-order chi connectivity index (χ1) is 7.66. The summed E-state index contributed by atoms with van der Waals surface area (Å²) in [5, 5.41) is 0. The lowest BCUT2D eigenvalue weighted by Gasteiger charge is -2.07. The number of aromatic nitrogens is 2. The number of hydrogen-bond donors (Lipinski definition) is 1. The van der Waals surface area contributed by atoms with E-state index >= 15 is 0 Å². The van der Waals surface area contributed by atoms with E-state index in [1.54, 1.807) is 23.0 Å². The molecule has 0 fully saturated rings. The zero-order valence-corrected chi connectivity index (χ0v) is 9.05. The molecular formula is C12H13N3O. The molecule has 0 saturated heterocycles. The van der Waals surface area contributed by atoms with Crippen LogP contribution in [-0.2, 0) is 6.54 Å². The number of rotatable bonds is 2. The summed E-state index contributed by atoms with van der Waals surface area (Å²) in [5.41, 5.74) is 7.51. The Morgan fingerprint density at radius 3 is 2.94 bits per heavy atom. The maximum absolute atomic E-state index is 11.7. The van der Waals surface area contributed by atoms with Crippen molar-refractivity contribution in [2.75, 3.05) is 5.73 Å². The molecule has 2 N–H and O–H groups in total. The first kappa shape index (κ1) is 10.4. The third-order valence-corrected chi connectivity index (χ3v) is 2.42. The Labute approximate surface area is 93.4 Å². The van der Waals surface area contributed by atoms with Crippen LogP contribution in [-0.4, -0.2) is 9.55 Å². The smallest absolute Gasteiger partial charge is 0.251 e. The number of nitrogens with zero attached hydrogens (tertiary/aromatic N) is 2. The summed E-state index contributed by atoms with van der Waals surface area (Å²) in [6.45, 7) is 2.35. The van der Waals surface area contributed by atoms with Gasteiger partial charge in [0.1, 0.15) is 5.82 Å². The average Bonchev–Trinajstić information content (AvgIpc) is 2.25. The fraction of sp³-hybridized carbons (Fsp3) is 0.167. The van der Waals surface area contributed by atoms with Crippen molar-refractivity contribution in [2.45, 2.75) is 13.5 Å². The van der Waals surface area contributed by atoms with Crippen LogP contribution < -0.4 is 11.3 Å². The van der Waals surface area contributed by atoms with Gasteiger partial charge in [-0.3, -0.25) is 4.79 Å². The van der Waals surface area contributed by atoms with E-state index in [1.165, 1.54) is 0 Å². The second kappa shape index (κ2) is 4.18. The zero-order valence-electron chi connectivity index (χ0n) is 9.05. The quantitative estimate of drug-likeness (QED) is 0.818. The molecule has 4 nitrogen and oxygen atoms in total. The van der Waals surface area contributed by atoms with Crippen LogP contribution in [0, 0.1) is 6.92 Å². The number of aryl methyl sites for hydroxylation is 1. The van der Waals surface area contributed by atoms with E-state index in [2.05, 4.69) is 4.98 Å². The van der Waals surface area contributed by atoms with Crippen LogP contribution in [0.5, 0.6) is 0 Å². The van der Waals surface area contributed by atoms with E-state index in [1.807, 2.05) is 25.1 Å². The molecule has 4 heteroatoms. The van der Waals surface area contributed by atoms with E-state index in [9.17, 15) is 4.79 Å². The highest BCUT2D eigenvalue weighted by atomic mass is 16.1. The van der Waals surface area contributed by atoms with E-state index in [4.69, 9.17) is 5.73 Å². The van der Waals surface area contributed by atoms with Gasteiger partial charge in [-0.15, -0.1) is 0 Å². The van der Waals surface area contributed by atoms with Crippen molar-refractivity contribution in [3.05, 3.63) is 58.1 Å². The lowest BCUT2D eigenvalue weighted by molar-refractivity contribution is 0.756. The van der Waals surface area contributed by atoms with Crippen molar-refractivity contribution in [1.82, 2.24) is 9.55 Å². The normalized spacial score (nSPS) is 10.3. The zero-order chi connectivity index (χ0) is 11.5. The molecule has 2 aromatic heterocycles. The minimum absolute atomic E-state index is 0.0248. The van der Waals surface area contributed by atoms with Crippen LogP contribution in [0.25, 0.3) is 0 Å². The van der Waals surface area contributed by atoms with Crippen molar-refractivity contribution in [1.29, 1.82) is 0 Å². The monoisotopic (exact) mass is 215 g/mol. The summed E-state index contributed by atoms with van der Waals surface area (Å²) in [6, 6.07) is 7.18. The van der Waals surface area contributed by atoms with E-state index in [0.29, 0.717) is 12.4 Å². The SMILES string of the molecule is Cc1ccn(Cc2cccnc2N)c(=O)c1. The fourth-order valence-corrected chi connectivity index (χ4v) is 1.51. The summed E-state index contributed by atoms with van der Waals surface area (Å²) < 4.78 is 1.61. The molecule has 0 aliphatic carbocycles. The molecule has 0 bridgehead atoms. The van der Waals surface area contributed by atoms with Crippen molar-refractivity contribution in [3.8, 4) is 0 Å². The third kappa shape index (κ3) is 2.11. The standard InChI is InChI=1S/C12H13N3O/c1-9-4-6-15(11(16)7-9)8-10-3-2-5-14-12(10)13/h2-7H,8H2,1H3,(H2,13,14). The molecule has 0 atom stereocenters. The topological polar surface area (TPSA) is 60.9 Å². The number of nitrogen functional groups attached to an aromatic ring is 1. The largest absolute Gasteiger partial charge is 0.383 e. The minimum atomic E-state index is -0.0248. The van der Waals surface area contributed by atoms with Crippen molar-refractivity contribution in [2.24, 2.45) is 0 Å². The third-order valence-electron chi connectivity index (χ3n) is 2.42. The molecule has 2 rings (SSSR count). The van der Waals surface area contributed by atoms with Crippen LogP contribution in [0.15, 0.2) is 41.5 Å².